The van der Waals surface area contributed by atoms with Crippen LogP contribution in [0, 0.1) is 0 Å². The minimum absolute atomic E-state index is 0.132. The van der Waals surface area contributed by atoms with Gasteiger partial charge in [0.05, 0.1) is 11.1 Å². The van der Waals surface area contributed by atoms with Gasteiger partial charge in [-0.1, -0.05) is 24.3 Å². The molecule has 24 heavy (non-hydrogen) atoms. The molecule has 1 aliphatic rings. The third-order valence-corrected chi connectivity index (χ3v) is 5.35. The minimum atomic E-state index is -4.91. The van der Waals surface area contributed by atoms with E-state index in [0.717, 1.165) is 0 Å². The van der Waals surface area contributed by atoms with Gasteiger partial charge in [-0.3, -0.25) is 18.7 Å². The van der Waals surface area contributed by atoms with Crippen LogP contribution < -0.4 is 0 Å². The molecule has 0 radical (unpaired) electrons. The van der Waals surface area contributed by atoms with Crippen LogP contribution in [0.1, 0.15) is 31.8 Å². The molecule has 0 fully saturated rings. The van der Waals surface area contributed by atoms with Crippen molar-refractivity contribution in [2.75, 3.05) is 0 Å². The Morgan fingerprint density at radius 2 is 0.958 bits per heavy atom. The molecular weight excluding hydrogens is 360 g/mol. The second-order valence-corrected chi connectivity index (χ2v) is 7.75. The van der Waals surface area contributed by atoms with Crippen molar-refractivity contribution in [2.45, 2.75) is 9.79 Å². The second kappa shape index (κ2) is 5.05. The van der Waals surface area contributed by atoms with Gasteiger partial charge in [-0.25, -0.2) is 0 Å². The van der Waals surface area contributed by atoms with Gasteiger partial charge >= 0.3 is 0 Å². The van der Waals surface area contributed by atoms with Gasteiger partial charge in [-0.2, -0.15) is 16.8 Å². The molecule has 0 saturated carbocycles. The lowest BCUT2D eigenvalue weighted by atomic mass is 9.84. The Morgan fingerprint density at radius 3 is 1.25 bits per heavy atom. The highest BCUT2D eigenvalue weighted by atomic mass is 32.2. The molecule has 10 heteroatoms. The molecular formula is C14H8O8S2. The Morgan fingerprint density at radius 1 is 0.625 bits per heavy atom. The molecule has 124 valence electrons. The average molecular weight is 368 g/mol. The molecule has 2 aromatic carbocycles. The highest BCUT2D eigenvalue weighted by Crippen LogP contribution is 2.35. The topological polar surface area (TPSA) is 143 Å². The highest BCUT2D eigenvalue weighted by molar-refractivity contribution is 7.86. The first-order chi connectivity index (χ1) is 11.0. The van der Waals surface area contributed by atoms with E-state index in [9.17, 15) is 35.5 Å². The summed E-state index contributed by atoms with van der Waals surface area (Å²) < 4.78 is 64.6. The lowest BCUT2D eigenvalue weighted by Crippen LogP contribution is -2.26. The summed E-state index contributed by atoms with van der Waals surface area (Å²) in [6, 6.07) is 6.72. The Hall–Kier alpha value is -2.40. The predicted octanol–water partition coefficient (Wildman–Crippen LogP) is 0.955. The number of fused-ring (bicyclic) bond motifs is 2. The first-order valence-electron chi connectivity index (χ1n) is 6.34. The molecule has 1 aliphatic carbocycles. The van der Waals surface area contributed by atoms with Gasteiger partial charge < -0.3 is 0 Å². The van der Waals surface area contributed by atoms with Crippen LogP contribution in [0.25, 0.3) is 0 Å². The van der Waals surface area contributed by atoms with Gasteiger partial charge in [0.2, 0.25) is 0 Å². The second-order valence-electron chi connectivity index (χ2n) is 4.97. The van der Waals surface area contributed by atoms with E-state index in [4.69, 9.17) is 0 Å². The summed E-state index contributed by atoms with van der Waals surface area (Å²) in [4.78, 5) is 23.4. The number of hydrogen-bond acceptors (Lipinski definition) is 6. The predicted molar refractivity (Wildman–Crippen MR) is 79.4 cm³/mol. The summed E-state index contributed by atoms with van der Waals surface area (Å²) in [5, 5.41) is 0. The summed E-state index contributed by atoms with van der Waals surface area (Å²) in [6.07, 6.45) is 0. The Bertz CT molecular complexity index is 1040. The van der Waals surface area contributed by atoms with Crippen molar-refractivity contribution in [1.29, 1.82) is 0 Å². The molecule has 0 aromatic heterocycles. The molecule has 8 nitrogen and oxygen atoms in total. The number of hydrogen-bond donors (Lipinski definition) is 2. The lowest BCUT2D eigenvalue weighted by molar-refractivity contribution is 0.0974. The van der Waals surface area contributed by atoms with Gasteiger partial charge in [0.1, 0.15) is 9.79 Å². The minimum Gasteiger partial charge on any atom is -0.289 e. The maximum absolute atomic E-state index is 12.6. The maximum Gasteiger partial charge on any atom is 0.295 e. The molecule has 0 aliphatic heterocycles. The van der Waals surface area contributed by atoms with E-state index in [0.29, 0.717) is 12.1 Å². The fraction of sp³-hybridized carbons (Fsp3) is 0. The summed E-state index contributed by atoms with van der Waals surface area (Å²) in [5.41, 5.74) is -1.83. The summed E-state index contributed by atoms with van der Waals surface area (Å²) >= 11 is 0. The normalized spacial score (nSPS) is 14.2. The van der Waals surface area contributed by atoms with E-state index in [1.54, 1.807) is 0 Å². The van der Waals surface area contributed by atoms with E-state index in [-0.39, 0.29) is 11.1 Å². The van der Waals surface area contributed by atoms with Crippen molar-refractivity contribution in [3.8, 4) is 0 Å². The van der Waals surface area contributed by atoms with Crippen LogP contribution in [-0.2, 0) is 20.2 Å². The zero-order valence-electron chi connectivity index (χ0n) is 11.6. The number of benzene rings is 2. The van der Waals surface area contributed by atoms with Crippen molar-refractivity contribution in [3.63, 3.8) is 0 Å². The van der Waals surface area contributed by atoms with Crippen LogP contribution in [0.4, 0.5) is 0 Å². The lowest BCUT2D eigenvalue weighted by Gasteiger charge is -2.20. The fourth-order valence-electron chi connectivity index (χ4n) is 2.59. The van der Waals surface area contributed by atoms with Crippen molar-refractivity contribution in [2.24, 2.45) is 0 Å². The number of rotatable bonds is 2. The monoisotopic (exact) mass is 368 g/mol. The molecule has 0 saturated heterocycles. The van der Waals surface area contributed by atoms with Gasteiger partial charge in [-0.05, 0) is 12.1 Å². The molecule has 0 atom stereocenters. The number of ketones is 2. The van der Waals surface area contributed by atoms with Crippen molar-refractivity contribution in [1.82, 2.24) is 0 Å². The van der Waals surface area contributed by atoms with Crippen LogP contribution in [0.2, 0.25) is 0 Å². The molecule has 0 bridgehead atoms. The van der Waals surface area contributed by atoms with E-state index in [2.05, 4.69) is 0 Å². The van der Waals surface area contributed by atoms with E-state index in [1.165, 1.54) is 24.3 Å². The highest BCUT2D eigenvalue weighted by Gasteiger charge is 2.38. The van der Waals surface area contributed by atoms with Crippen molar-refractivity contribution < 1.29 is 35.5 Å². The van der Waals surface area contributed by atoms with Crippen LogP contribution in [0.5, 0.6) is 0 Å². The van der Waals surface area contributed by atoms with Gasteiger partial charge in [0.15, 0.2) is 11.6 Å². The van der Waals surface area contributed by atoms with Crippen LogP contribution in [0.15, 0.2) is 46.2 Å². The molecule has 2 N–H and O–H groups in total. The maximum atomic E-state index is 12.6. The van der Waals surface area contributed by atoms with Crippen LogP contribution >= 0.6 is 0 Å². The third kappa shape index (κ3) is 2.36. The summed E-state index contributed by atoms with van der Waals surface area (Å²) in [5.74, 6) is -1.89. The Kier molecular flexibility index (Phi) is 3.46. The first-order valence-corrected chi connectivity index (χ1v) is 9.22. The fourth-order valence-corrected chi connectivity index (χ4v) is 3.98. The smallest absolute Gasteiger partial charge is 0.289 e. The van der Waals surface area contributed by atoms with E-state index < -0.39 is 52.7 Å². The summed E-state index contributed by atoms with van der Waals surface area (Å²) in [7, 11) is -9.83. The Labute approximate surface area is 136 Å². The molecule has 0 heterocycles. The average Bonchev–Trinajstić information content (AvgIpc) is 2.49. The first kappa shape index (κ1) is 16.5. The molecule has 2 aromatic rings. The van der Waals surface area contributed by atoms with Gasteiger partial charge in [0, 0.05) is 11.1 Å². The largest absolute Gasteiger partial charge is 0.295 e. The SMILES string of the molecule is O=C1c2ccccc2C(=O)c2c(S(=O)(=O)O)ccc(S(=O)(=O)O)c21. The van der Waals surface area contributed by atoms with E-state index in [1.807, 2.05) is 0 Å². The van der Waals surface area contributed by atoms with E-state index >= 15 is 0 Å². The third-order valence-electron chi connectivity index (χ3n) is 3.56. The summed E-state index contributed by atoms with van der Waals surface area (Å²) in [6.45, 7) is 0. The zero-order valence-corrected chi connectivity index (χ0v) is 13.3. The molecule has 0 spiro atoms. The van der Waals surface area contributed by atoms with Crippen molar-refractivity contribution >= 4 is 31.8 Å². The number of carbonyl (C=O) groups is 2. The van der Waals surface area contributed by atoms with Crippen LogP contribution in [-0.4, -0.2) is 37.5 Å². The molecule has 3 rings (SSSR count). The van der Waals surface area contributed by atoms with Gasteiger partial charge in [0.25, 0.3) is 20.2 Å². The van der Waals surface area contributed by atoms with Crippen LogP contribution in [0.3, 0.4) is 0 Å². The number of carbonyl (C=O) groups excluding carboxylic acids is 2. The quantitative estimate of drug-likeness (QED) is 0.637. The van der Waals surface area contributed by atoms with Gasteiger partial charge in [-0.15, -0.1) is 0 Å². The standard InChI is InChI=1S/C14H8O8S2/c15-13-7-3-1-2-4-8(7)14(16)12-10(24(20,21)22)6-5-9(11(12)13)23(17,18)19/h1-6H,(H,17,18,19)(H,20,21,22). The van der Waals surface area contributed by atoms with Crippen molar-refractivity contribution in [3.05, 3.63) is 58.7 Å². The molecule has 0 unspecified atom stereocenters. The Balaban J connectivity index is 2.54. The zero-order chi connectivity index (χ0) is 17.9. The molecule has 0 amide bonds.